The number of hydrogen-bond donors (Lipinski definition) is 1. The predicted octanol–water partition coefficient (Wildman–Crippen LogP) is 1.23. The number of nitro groups is 1. The Kier molecular flexibility index (Phi) is 4.84. The smallest absolute Gasteiger partial charge is 0.288 e. The van der Waals surface area contributed by atoms with Crippen LogP contribution in [0.25, 0.3) is 0 Å². The molecule has 17 heavy (non-hydrogen) atoms. The fourth-order valence-corrected chi connectivity index (χ4v) is 1.59. The van der Waals surface area contributed by atoms with Crippen LogP contribution in [0.1, 0.15) is 24.8 Å². The van der Waals surface area contributed by atoms with E-state index in [4.69, 9.17) is 5.11 Å². The van der Waals surface area contributed by atoms with Crippen molar-refractivity contribution in [3.8, 4) is 0 Å². The van der Waals surface area contributed by atoms with Gasteiger partial charge in [-0.15, -0.1) is 0 Å². The first-order valence-electron chi connectivity index (χ1n) is 5.52. The summed E-state index contributed by atoms with van der Waals surface area (Å²) in [4.78, 5) is 21.8. The minimum atomic E-state index is -0.487. The molecule has 0 aliphatic heterocycles. The number of nitrogens with zero attached hydrogens (tertiary/aromatic N) is 2. The van der Waals surface area contributed by atoms with E-state index in [1.54, 1.807) is 6.92 Å². The van der Waals surface area contributed by atoms with Gasteiger partial charge in [0, 0.05) is 24.8 Å². The van der Waals surface area contributed by atoms with Crippen molar-refractivity contribution in [2.45, 2.75) is 32.7 Å². The van der Waals surface area contributed by atoms with E-state index in [9.17, 15) is 14.9 Å². The monoisotopic (exact) mass is 240 g/mol. The Morgan fingerprint density at radius 3 is 2.71 bits per heavy atom. The minimum Gasteiger partial charge on any atom is -0.396 e. The lowest BCUT2D eigenvalue weighted by Gasteiger charge is -2.06. The van der Waals surface area contributed by atoms with E-state index in [-0.39, 0.29) is 17.9 Å². The van der Waals surface area contributed by atoms with E-state index in [0.29, 0.717) is 18.5 Å². The number of unbranched alkanes of at least 4 members (excludes halogenated alkanes) is 2. The van der Waals surface area contributed by atoms with Crippen LogP contribution in [0.15, 0.2) is 17.1 Å². The van der Waals surface area contributed by atoms with E-state index in [2.05, 4.69) is 0 Å². The maximum atomic E-state index is 11.6. The molecule has 1 aromatic heterocycles. The van der Waals surface area contributed by atoms with Crippen LogP contribution in [0.5, 0.6) is 0 Å². The molecule has 0 saturated carbocycles. The number of pyridine rings is 1. The molecule has 0 aliphatic rings. The summed E-state index contributed by atoms with van der Waals surface area (Å²) in [6, 6.07) is 1.28. The number of aryl methyl sites for hydroxylation is 2. The Hall–Kier alpha value is -1.69. The van der Waals surface area contributed by atoms with E-state index in [1.165, 1.54) is 16.8 Å². The average Bonchev–Trinajstić information content (AvgIpc) is 2.26. The molecule has 6 heteroatoms. The lowest BCUT2D eigenvalue weighted by Crippen LogP contribution is -2.20. The molecule has 0 atom stereocenters. The molecule has 0 fully saturated rings. The highest BCUT2D eigenvalue weighted by molar-refractivity contribution is 5.35. The maximum Gasteiger partial charge on any atom is 0.288 e. The highest BCUT2D eigenvalue weighted by atomic mass is 16.6. The van der Waals surface area contributed by atoms with Crippen LogP contribution >= 0.6 is 0 Å². The Labute approximate surface area is 98.7 Å². The second-order valence-corrected chi connectivity index (χ2v) is 3.91. The molecule has 1 N–H and O–H groups in total. The van der Waals surface area contributed by atoms with Gasteiger partial charge in [-0.05, 0) is 26.2 Å². The second kappa shape index (κ2) is 6.15. The maximum absolute atomic E-state index is 11.6. The van der Waals surface area contributed by atoms with Gasteiger partial charge in [-0.2, -0.15) is 0 Å². The van der Waals surface area contributed by atoms with E-state index < -0.39 is 4.92 Å². The molecule has 0 unspecified atom stereocenters. The first-order valence-corrected chi connectivity index (χ1v) is 5.52. The molecular weight excluding hydrogens is 224 g/mol. The van der Waals surface area contributed by atoms with Crippen molar-refractivity contribution in [3.05, 3.63) is 38.3 Å². The molecular formula is C11H16N2O4. The molecule has 0 aromatic carbocycles. The molecule has 6 nitrogen and oxygen atoms in total. The molecule has 0 bridgehead atoms. The van der Waals surface area contributed by atoms with Gasteiger partial charge in [-0.3, -0.25) is 14.9 Å². The average molecular weight is 240 g/mol. The summed E-state index contributed by atoms with van der Waals surface area (Å²) in [6.45, 7) is 2.12. The Morgan fingerprint density at radius 1 is 1.41 bits per heavy atom. The van der Waals surface area contributed by atoms with Crippen molar-refractivity contribution >= 4 is 5.69 Å². The SMILES string of the molecule is Cc1cc(=O)n(CCCCCO)cc1[N+](=O)[O-]. The summed E-state index contributed by atoms with van der Waals surface area (Å²) < 4.78 is 1.35. The van der Waals surface area contributed by atoms with Crippen molar-refractivity contribution in [2.75, 3.05) is 6.61 Å². The van der Waals surface area contributed by atoms with Crippen molar-refractivity contribution < 1.29 is 10.0 Å². The number of rotatable bonds is 6. The Morgan fingerprint density at radius 2 is 2.12 bits per heavy atom. The first kappa shape index (κ1) is 13.4. The van der Waals surface area contributed by atoms with Gasteiger partial charge < -0.3 is 9.67 Å². The summed E-state index contributed by atoms with van der Waals surface area (Å²) >= 11 is 0. The second-order valence-electron chi connectivity index (χ2n) is 3.91. The van der Waals surface area contributed by atoms with Gasteiger partial charge in [0.05, 0.1) is 11.1 Å². The fraction of sp³-hybridized carbons (Fsp3) is 0.545. The normalized spacial score (nSPS) is 10.5. The molecule has 1 rings (SSSR count). The van der Waals surface area contributed by atoms with Gasteiger partial charge in [-0.25, -0.2) is 0 Å². The van der Waals surface area contributed by atoms with Gasteiger partial charge in [0.15, 0.2) is 0 Å². The van der Waals surface area contributed by atoms with E-state index >= 15 is 0 Å². The fourth-order valence-electron chi connectivity index (χ4n) is 1.59. The molecule has 1 heterocycles. The van der Waals surface area contributed by atoms with Crippen LogP contribution in [-0.2, 0) is 6.54 Å². The van der Waals surface area contributed by atoms with Crippen molar-refractivity contribution in [2.24, 2.45) is 0 Å². The third-order valence-electron chi connectivity index (χ3n) is 2.56. The standard InChI is InChI=1S/C11H16N2O4/c1-9-7-11(15)12(5-3-2-4-6-14)8-10(9)13(16)17/h7-8,14H,2-6H2,1H3. The van der Waals surface area contributed by atoms with Gasteiger partial charge in [0.1, 0.15) is 0 Å². The van der Waals surface area contributed by atoms with Crippen molar-refractivity contribution in [1.29, 1.82) is 0 Å². The molecule has 0 saturated heterocycles. The molecule has 0 radical (unpaired) electrons. The van der Waals surface area contributed by atoms with E-state index in [0.717, 1.165) is 12.8 Å². The third-order valence-corrected chi connectivity index (χ3v) is 2.56. The molecule has 0 spiro atoms. The van der Waals surface area contributed by atoms with Crippen molar-refractivity contribution in [3.63, 3.8) is 0 Å². The lowest BCUT2D eigenvalue weighted by molar-refractivity contribution is -0.385. The Balaban J connectivity index is 2.81. The van der Waals surface area contributed by atoms with Crippen molar-refractivity contribution in [1.82, 2.24) is 4.57 Å². The summed E-state index contributed by atoms with van der Waals surface area (Å²) in [5.41, 5.74) is 0.121. The number of hydrogen-bond acceptors (Lipinski definition) is 4. The summed E-state index contributed by atoms with van der Waals surface area (Å²) in [5, 5.41) is 19.3. The number of aromatic nitrogens is 1. The largest absolute Gasteiger partial charge is 0.396 e. The molecule has 0 amide bonds. The lowest BCUT2D eigenvalue weighted by atomic mass is 10.2. The van der Waals surface area contributed by atoms with Gasteiger partial charge in [-0.1, -0.05) is 0 Å². The molecule has 1 aromatic rings. The highest BCUT2D eigenvalue weighted by Crippen LogP contribution is 2.14. The number of aliphatic hydroxyl groups excluding tert-OH is 1. The van der Waals surface area contributed by atoms with Crippen LogP contribution < -0.4 is 5.56 Å². The highest BCUT2D eigenvalue weighted by Gasteiger charge is 2.12. The summed E-state index contributed by atoms with van der Waals surface area (Å²) in [5.74, 6) is 0. The zero-order chi connectivity index (χ0) is 12.8. The topological polar surface area (TPSA) is 85.4 Å². The Bertz CT molecular complexity index is 453. The third kappa shape index (κ3) is 3.67. The minimum absolute atomic E-state index is 0.0354. The first-order chi connectivity index (χ1) is 8.06. The van der Waals surface area contributed by atoms with Crippen LogP contribution in [0.3, 0.4) is 0 Å². The van der Waals surface area contributed by atoms with Crippen LogP contribution in [0, 0.1) is 17.0 Å². The molecule has 94 valence electrons. The van der Waals surface area contributed by atoms with Crippen LogP contribution in [0.2, 0.25) is 0 Å². The van der Waals surface area contributed by atoms with Gasteiger partial charge >= 0.3 is 0 Å². The quantitative estimate of drug-likeness (QED) is 0.460. The number of aliphatic hydroxyl groups is 1. The van der Waals surface area contributed by atoms with Gasteiger partial charge in [0.2, 0.25) is 0 Å². The zero-order valence-electron chi connectivity index (χ0n) is 9.76. The summed E-state index contributed by atoms with van der Waals surface area (Å²) in [7, 11) is 0. The molecule has 0 aliphatic carbocycles. The summed E-state index contributed by atoms with van der Waals surface area (Å²) in [6.07, 6.45) is 3.49. The van der Waals surface area contributed by atoms with Crippen LogP contribution in [-0.4, -0.2) is 21.2 Å². The zero-order valence-corrected chi connectivity index (χ0v) is 9.76. The van der Waals surface area contributed by atoms with Gasteiger partial charge in [0.25, 0.3) is 11.2 Å². The van der Waals surface area contributed by atoms with Crippen LogP contribution in [0.4, 0.5) is 5.69 Å². The predicted molar refractivity (Wildman–Crippen MR) is 63.0 cm³/mol. The van der Waals surface area contributed by atoms with E-state index in [1.807, 2.05) is 0 Å².